The summed E-state index contributed by atoms with van der Waals surface area (Å²) in [5.41, 5.74) is 6.25. The van der Waals surface area contributed by atoms with E-state index in [-0.39, 0.29) is 11.8 Å². The summed E-state index contributed by atoms with van der Waals surface area (Å²) in [5, 5.41) is 0.877. The number of benzene rings is 1. The van der Waals surface area contributed by atoms with Gasteiger partial charge in [-0.05, 0) is 13.0 Å². The smallest absolute Gasteiger partial charge is 0.336 e. The van der Waals surface area contributed by atoms with Crippen molar-refractivity contribution < 1.29 is 23.5 Å². The van der Waals surface area contributed by atoms with E-state index in [2.05, 4.69) is 10.9 Å². The van der Waals surface area contributed by atoms with Crippen LogP contribution >= 0.6 is 0 Å². The molecule has 0 bridgehead atoms. The van der Waals surface area contributed by atoms with Gasteiger partial charge in [0.1, 0.15) is 5.58 Å². The molecule has 0 aliphatic carbocycles. The molecular formula is C18H21N3O5. The van der Waals surface area contributed by atoms with Gasteiger partial charge in [-0.2, -0.15) is 0 Å². The lowest BCUT2D eigenvalue weighted by atomic mass is 10.0. The summed E-state index contributed by atoms with van der Waals surface area (Å²) in [4.78, 5) is 26.3. The van der Waals surface area contributed by atoms with Crippen LogP contribution in [0.15, 0.2) is 28.7 Å². The molecule has 0 unspecified atom stereocenters. The van der Waals surface area contributed by atoms with Crippen molar-refractivity contribution in [3.8, 4) is 0 Å². The predicted molar refractivity (Wildman–Crippen MR) is 92.4 cm³/mol. The summed E-state index contributed by atoms with van der Waals surface area (Å²) in [6, 6.07) is 7.06. The van der Waals surface area contributed by atoms with Crippen molar-refractivity contribution in [1.29, 1.82) is 0 Å². The van der Waals surface area contributed by atoms with Crippen molar-refractivity contribution in [3.05, 3.63) is 35.6 Å². The number of para-hydroxylation sites is 1. The molecule has 4 rings (SSSR count). The van der Waals surface area contributed by atoms with Gasteiger partial charge in [-0.3, -0.25) is 10.2 Å². The maximum atomic E-state index is 12.3. The Labute approximate surface area is 150 Å². The van der Waals surface area contributed by atoms with Crippen molar-refractivity contribution in [1.82, 2.24) is 15.8 Å². The summed E-state index contributed by atoms with van der Waals surface area (Å²) in [6.45, 7) is 4.02. The monoisotopic (exact) mass is 359 g/mol. The van der Waals surface area contributed by atoms with Crippen LogP contribution in [0.3, 0.4) is 0 Å². The highest BCUT2D eigenvalue weighted by Crippen LogP contribution is 2.31. The molecule has 2 saturated heterocycles. The summed E-state index contributed by atoms with van der Waals surface area (Å²) < 4.78 is 16.9. The lowest BCUT2D eigenvalue weighted by Gasteiger charge is -2.37. The van der Waals surface area contributed by atoms with Crippen molar-refractivity contribution in [2.45, 2.75) is 25.6 Å². The van der Waals surface area contributed by atoms with E-state index < -0.39 is 11.7 Å². The number of hydrazine groups is 1. The highest BCUT2D eigenvalue weighted by molar-refractivity contribution is 5.99. The first-order chi connectivity index (χ1) is 12.6. The highest BCUT2D eigenvalue weighted by Gasteiger charge is 2.40. The van der Waals surface area contributed by atoms with E-state index >= 15 is 0 Å². The molecule has 26 heavy (non-hydrogen) atoms. The number of amides is 3. The summed E-state index contributed by atoms with van der Waals surface area (Å²) in [6.07, 6.45) is 1.24. The Morgan fingerprint density at radius 2 is 1.77 bits per heavy atom. The van der Waals surface area contributed by atoms with Crippen LogP contribution in [0.2, 0.25) is 0 Å². The maximum Gasteiger partial charge on any atom is 0.336 e. The molecule has 138 valence electrons. The van der Waals surface area contributed by atoms with E-state index in [0.29, 0.717) is 44.7 Å². The second-order valence-corrected chi connectivity index (χ2v) is 6.53. The molecule has 3 heterocycles. The number of hydrogen-bond donors (Lipinski definition) is 2. The Morgan fingerprint density at radius 3 is 2.46 bits per heavy atom. The standard InChI is InChI=1S/C18H21N3O5/c1-12-13-4-2-3-5-14(13)26-15(12)16(22)19-20-17(23)21-8-6-18(7-9-21)24-10-11-25-18/h2-5H,6-11H2,1H3,(H,19,22)(H,20,23). The van der Waals surface area contributed by atoms with E-state index in [0.717, 1.165) is 10.9 Å². The number of urea groups is 1. The zero-order valence-electron chi connectivity index (χ0n) is 14.5. The topological polar surface area (TPSA) is 93.0 Å². The average molecular weight is 359 g/mol. The van der Waals surface area contributed by atoms with Crippen molar-refractivity contribution in [2.24, 2.45) is 0 Å². The number of nitrogens with zero attached hydrogens (tertiary/aromatic N) is 1. The van der Waals surface area contributed by atoms with Crippen molar-refractivity contribution in [2.75, 3.05) is 26.3 Å². The molecule has 2 aromatic rings. The minimum atomic E-state index is -0.536. The minimum absolute atomic E-state index is 0.192. The van der Waals surface area contributed by atoms with E-state index in [1.165, 1.54) is 0 Å². The largest absolute Gasteiger partial charge is 0.451 e. The first-order valence-corrected chi connectivity index (χ1v) is 8.69. The van der Waals surface area contributed by atoms with Gasteiger partial charge in [0.15, 0.2) is 11.5 Å². The van der Waals surface area contributed by atoms with E-state index in [4.69, 9.17) is 13.9 Å². The summed E-state index contributed by atoms with van der Waals surface area (Å²) in [5.74, 6) is -0.828. The fourth-order valence-electron chi connectivity index (χ4n) is 3.47. The lowest BCUT2D eigenvalue weighted by molar-refractivity contribution is -0.181. The number of likely N-dealkylation sites (tertiary alicyclic amines) is 1. The predicted octanol–water partition coefficient (Wildman–Crippen LogP) is 1.93. The molecule has 1 spiro atoms. The summed E-state index contributed by atoms with van der Waals surface area (Å²) >= 11 is 0. The van der Waals surface area contributed by atoms with Gasteiger partial charge < -0.3 is 18.8 Å². The molecule has 8 heteroatoms. The van der Waals surface area contributed by atoms with E-state index in [1.807, 2.05) is 25.1 Å². The zero-order chi connectivity index (χ0) is 18.1. The second kappa shape index (κ2) is 6.62. The highest BCUT2D eigenvalue weighted by atomic mass is 16.7. The Hall–Kier alpha value is -2.58. The molecule has 0 radical (unpaired) electrons. The SMILES string of the molecule is Cc1c(C(=O)NNC(=O)N2CCC3(CC2)OCCO3)oc2ccccc12. The number of piperidine rings is 1. The number of fused-ring (bicyclic) bond motifs is 1. The normalized spacial score (nSPS) is 19.0. The number of nitrogens with one attached hydrogen (secondary N) is 2. The lowest BCUT2D eigenvalue weighted by Crippen LogP contribution is -2.54. The Kier molecular flexibility index (Phi) is 4.29. The number of carbonyl (C=O) groups is 2. The number of aryl methyl sites for hydroxylation is 1. The van der Waals surface area contributed by atoms with Crippen LogP contribution in [0.4, 0.5) is 4.79 Å². The van der Waals surface area contributed by atoms with Gasteiger partial charge in [-0.1, -0.05) is 18.2 Å². The average Bonchev–Trinajstić information content (AvgIpc) is 3.25. The van der Waals surface area contributed by atoms with Crippen LogP contribution in [0.1, 0.15) is 29.0 Å². The Morgan fingerprint density at radius 1 is 1.08 bits per heavy atom. The minimum Gasteiger partial charge on any atom is -0.451 e. The Balaban J connectivity index is 1.34. The van der Waals surface area contributed by atoms with Crippen LogP contribution in [0.25, 0.3) is 11.0 Å². The third-order valence-corrected chi connectivity index (χ3v) is 4.96. The molecule has 2 N–H and O–H groups in total. The van der Waals surface area contributed by atoms with Crippen molar-refractivity contribution >= 4 is 22.9 Å². The molecule has 8 nitrogen and oxygen atoms in total. The van der Waals surface area contributed by atoms with Crippen LogP contribution in [-0.2, 0) is 9.47 Å². The second-order valence-electron chi connectivity index (χ2n) is 6.53. The molecule has 1 aromatic carbocycles. The van der Waals surface area contributed by atoms with Gasteiger partial charge in [0.25, 0.3) is 0 Å². The van der Waals surface area contributed by atoms with E-state index in [1.54, 1.807) is 11.0 Å². The molecule has 0 atom stereocenters. The maximum absolute atomic E-state index is 12.3. The van der Waals surface area contributed by atoms with Crippen LogP contribution < -0.4 is 10.9 Å². The molecule has 2 aliphatic heterocycles. The molecule has 2 aliphatic rings. The van der Waals surface area contributed by atoms with Crippen LogP contribution in [0, 0.1) is 6.92 Å². The van der Waals surface area contributed by atoms with E-state index in [9.17, 15) is 9.59 Å². The van der Waals surface area contributed by atoms with Gasteiger partial charge in [0, 0.05) is 36.9 Å². The molecule has 1 aromatic heterocycles. The van der Waals surface area contributed by atoms with Gasteiger partial charge in [-0.25, -0.2) is 10.2 Å². The number of carbonyl (C=O) groups excluding carboxylic acids is 2. The quantitative estimate of drug-likeness (QED) is 0.759. The first kappa shape index (κ1) is 16.9. The first-order valence-electron chi connectivity index (χ1n) is 8.69. The number of ether oxygens (including phenoxy) is 2. The fraction of sp³-hybridized carbons (Fsp3) is 0.444. The van der Waals surface area contributed by atoms with Gasteiger partial charge in [-0.15, -0.1) is 0 Å². The van der Waals surface area contributed by atoms with Gasteiger partial charge >= 0.3 is 11.9 Å². The fourth-order valence-corrected chi connectivity index (χ4v) is 3.47. The van der Waals surface area contributed by atoms with Gasteiger partial charge in [0.2, 0.25) is 0 Å². The summed E-state index contributed by atoms with van der Waals surface area (Å²) in [7, 11) is 0. The van der Waals surface area contributed by atoms with Crippen LogP contribution in [-0.4, -0.2) is 48.9 Å². The van der Waals surface area contributed by atoms with Gasteiger partial charge in [0.05, 0.1) is 13.2 Å². The number of rotatable bonds is 1. The molecule has 0 saturated carbocycles. The third-order valence-electron chi connectivity index (χ3n) is 4.96. The van der Waals surface area contributed by atoms with Crippen LogP contribution in [0.5, 0.6) is 0 Å². The van der Waals surface area contributed by atoms with Crippen molar-refractivity contribution in [3.63, 3.8) is 0 Å². The molecule has 3 amide bonds. The zero-order valence-corrected chi connectivity index (χ0v) is 14.5. The number of furan rings is 1. The Bertz CT molecular complexity index is 830. The molecular weight excluding hydrogens is 338 g/mol. The third kappa shape index (κ3) is 3.02. The number of hydrogen-bond acceptors (Lipinski definition) is 5. The molecule has 2 fully saturated rings.